The zero-order valence-electron chi connectivity index (χ0n) is 14.2. The summed E-state index contributed by atoms with van der Waals surface area (Å²) in [4.78, 5) is 0. The standard InChI is InChI=1S/C22H27N/c1-2-3-4-5-9-14-20-18-23(17-19-12-7-6-8-13-19)22-16-11-10-15-21(20)22/h6-8,10-13,15-16,18H,2-5,9,14,17H2,1H3. The molecule has 23 heavy (non-hydrogen) atoms. The van der Waals surface area contributed by atoms with Crippen molar-refractivity contribution in [3.05, 3.63) is 71.9 Å². The Bertz CT molecular complexity index is 724. The van der Waals surface area contributed by atoms with Crippen LogP contribution in [0.1, 0.15) is 50.2 Å². The number of fused-ring (bicyclic) bond motifs is 1. The van der Waals surface area contributed by atoms with E-state index < -0.39 is 0 Å². The Morgan fingerprint density at radius 2 is 1.52 bits per heavy atom. The highest BCUT2D eigenvalue weighted by Gasteiger charge is 2.08. The summed E-state index contributed by atoms with van der Waals surface area (Å²) in [6, 6.07) is 19.6. The molecule has 0 spiro atoms. The molecule has 120 valence electrons. The highest BCUT2D eigenvalue weighted by Crippen LogP contribution is 2.24. The average Bonchev–Trinajstić information content (AvgIpc) is 2.94. The SMILES string of the molecule is CCCCCCCc1cn(Cc2ccccc2)c2ccccc12. The molecule has 0 unspecified atom stereocenters. The van der Waals surface area contributed by atoms with E-state index in [1.807, 2.05) is 0 Å². The summed E-state index contributed by atoms with van der Waals surface area (Å²) in [6.07, 6.45) is 10.3. The number of benzene rings is 2. The van der Waals surface area contributed by atoms with Crippen molar-refractivity contribution in [2.45, 2.75) is 52.0 Å². The molecule has 1 heteroatoms. The first kappa shape index (κ1) is 15.9. The maximum Gasteiger partial charge on any atom is 0.0486 e. The minimum absolute atomic E-state index is 0.956. The van der Waals surface area contributed by atoms with Crippen LogP contribution in [0.4, 0.5) is 0 Å². The molecule has 3 rings (SSSR count). The van der Waals surface area contributed by atoms with Crippen LogP contribution in [0.15, 0.2) is 60.8 Å². The number of aryl methyl sites for hydroxylation is 1. The van der Waals surface area contributed by atoms with E-state index in [4.69, 9.17) is 0 Å². The number of hydrogen-bond acceptors (Lipinski definition) is 0. The predicted molar refractivity (Wildman–Crippen MR) is 99.9 cm³/mol. The topological polar surface area (TPSA) is 4.93 Å². The highest BCUT2D eigenvalue weighted by molar-refractivity contribution is 5.84. The molecule has 0 saturated heterocycles. The first-order chi connectivity index (χ1) is 11.4. The van der Waals surface area contributed by atoms with E-state index >= 15 is 0 Å². The molecule has 0 fully saturated rings. The summed E-state index contributed by atoms with van der Waals surface area (Å²) in [6.45, 7) is 3.23. The molecule has 0 aliphatic carbocycles. The number of hydrogen-bond donors (Lipinski definition) is 0. The van der Waals surface area contributed by atoms with Crippen LogP contribution in [0.3, 0.4) is 0 Å². The Morgan fingerprint density at radius 1 is 0.783 bits per heavy atom. The van der Waals surface area contributed by atoms with Crippen LogP contribution < -0.4 is 0 Å². The van der Waals surface area contributed by atoms with Crippen LogP contribution in [-0.2, 0) is 13.0 Å². The van der Waals surface area contributed by atoms with Crippen molar-refractivity contribution in [3.63, 3.8) is 0 Å². The normalized spacial score (nSPS) is 11.2. The third kappa shape index (κ3) is 4.04. The summed E-state index contributed by atoms with van der Waals surface area (Å²) >= 11 is 0. The van der Waals surface area contributed by atoms with Crippen LogP contribution in [0.25, 0.3) is 10.9 Å². The smallest absolute Gasteiger partial charge is 0.0486 e. The van der Waals surface area contributed by atoms with E-state index in [2.05, 4.69) is 72.3 Å². The fourth-order valence-electron chi connectivity index (χ4n) is 3.35. The molecule has 0 atom stereocenters. The van der Waals surface area contributed by atoms with E-state index in [1.54, 1.807) is 0 Å². The molecular formula is C22H27N. The van der Waals surface area contributed by atoms with Gasteiger partial charge in [0.15, 0.2) is 0 Å². The zero-order valence-corrected chi connectivity index (χ0v) is 14.2. The number of para-hydroxylation sites is 1. The Morgan fingerprint density at radius 3 is 2.35 bits per heavy atom. The van der Waals surface area contributed by atoms with Gasteiger partial charge >= 0.3 is 0 Å². The second-order valence-corrected chi connectivity index (χ2v) is 6.45. The molecule has 1 heterocycles. The molecule has 0 radical (unpaired) electrons. The molecule has 0 aliphatic rings. The van der Waals surface area contributed by atoms with E-state index in [0.29, 0.717) is 0 Å². The number of unbranched alkanes of at least 4 members (excludes halogenated alkanes) is 4. The second-order valence-electron chi connectivity index (χ2n) is 6.45. The van der Waals surface area contributed by atoms with Crippen molar-refractivity contribution in [2.24, 2.45) is 0 Å². The lowest BCUT2D eigenvalue weighted by Gasteiger charge is -2.05. The molecule has 1 aromatic heterocycles. The van der Waals surface area contributed by atoms with Gasteiger partial charge in [-0.3, -0.25) is 0 Å². The van der Waals surface area contributed by atoms with E-state index in [0.717, 1.165) is 6.54 Å². The number of nitrogens with zero attached hydrogens (tertiary/aromatic N) is 1. The molecule has 3 aromatic rings. The largest absolute Gasteiger partial charge is 0.343 e. The fraction of sp³-hybridized carbons (Fsp3) is 0.364. The number of rotatable bonds is 8. The summed E-state index contributed by atoms with van der Waals surface area (Å²) < 4.78 is 2.41. The Balaban J connectivity index is 1.76. The van der Waals surface area contributed by atoms with Gasteiger partial charge in [0.2, 0.25) is 0 Å². The monoisotopic (exact) mass is 305 g/mol. The molecular weight excluding hydrogens is 278 g/mol. The Labute approximate surface area is 140 Å². The van der Waals surface area contributed by atoms with Crippen molar-refractivity contribution in [1.82, 2.24) is 4.57 Å². The van der Waals surface area contributed by atoms with Gasteiger partial charge in [-0.15, -0.1) is 0 Å². The van der Waals surface area contributed by atoms with Crippen molar-refractivity contribution in [2.75, 3.05) is 0 Å². The van der Waals surface area contributed by atoms with E-state index in [-0.39, 0.29) is 0 Å². The van der Waals surface area contributed by atoms with Gasteiger partial charge in [-0.05, 0) is 30.0 Å². The van der Waals surface area contributed by atoms with Gasteiger partial charge in [0.1, 0.15) is 0 Å². The number of aromatic nitrogens is 1. The van der Waals surface area contributed by atoms with Gasteiger partial charge in [0.05, 0.1) is 0 Å². The zero-order chi connectivity index (χ0) is 15.9. The summed E-state index contributed by atoms with van der Waals surface area (Å²) in [5.74, 6) is 0. The van der Waals surface area contributed by atoms with Crippen molar-refractivity contribution >= 4 is 10.9 Å². The van der Waals surface area contributed by atoms with Crippen LogP contribution in [0, 0.1) is 0 Å². The molecule has 0 saturated carbocycles. The Kier molecular flexibility index (Phi) is 5.52. The fourth-order valence-corrected chi connectivity index (χ4v) is 3.35. The van der Waals surface area contributed by atoms with Gasteiger partial charge in [0.25, 0.3) is 0 Å². The Hall–Kier alpha value is -2.02. The van der Waals surface area contributed by atoms with Gasteiger partial charge in [0, 0.05) is 23.6 Å². The van der Waals surface area contributed by atoms with Crippen molar-refractivity contribution in [1.29, 1.82) is 0 Å². The third-order valence-electron chi connectivity index (χ3n) is 4.62. The molecule has 0 N–H and O–H groups in total. The minimum Gasteiger partial charge on any atom is -0.343 e. The lowest BCUT2D eigenvalue weighted by atomic mass is 10.1. The lowest BCUT2D eigenvalue weighted by Crippen LogP contribution is -1.97. The molecule has 0 bridgehead atoms. The van der Waals surface area contributed by atoms with E-state index in [1.165, 1.54) is 60.6 Å². The first-order valence-electron chi connectivity index (χ1n) is 8.99. The first-order valence-corrected chi connectivity index (χ1v) is 8.99. The van der Waals surface area contributed by atoms with Crippen LogP contribution in [-0.4, -0.2) is 4.57 Å². The minimum atomic E-state index is 0.956. The van der Waals surface area contributed by atoms with Crippen molar-refractivity contribution < 1.29 is 0 Å². The van der Waals surface area contributed by atoms with Gasteiger partial charge in [-0.25, -0.2) is 0 Å². The van der Waals surface area contributed by atoms with Crippen LogP contribution in [0.2, 0.25) is 0 Å². The van der Waals surface area contributed by atoms with Gasteiger partial charge in [-0.2, -0.15) is 0 Å². The lowest BCUT2D eigenvalue weighted by molar-refractivity contribution is 0.632. The van der Waals surface area contributed by atoms with Gasteiger partial charge < -0.3 is 4.57 Å². The quantitative estimate of drug-likeness (QED) is 0.436. The molecule has 1 nitrogen and oxygen atoms in total. The predicted octanol–water partition coefficient (Wildman–Crippen LogP) is 6.20. The summed E-state index contributed by atoms with van der Waals surface area (Å²) in [5.41, 5.74) is 4.23. The van der Waals surface area contributed by atoms with Crippen molar-refractivity contribution in [3.8, 4) is 0 Å². The maximum absolute atomic E-state index is 2.41. The van der Waals surface area contributed by atoms with Crippen LogP contribution in [0.5, 0.6) is 0 Å². The summed E-state index contributed by atoms with van der Waals surface area (Å²) in [5, 5.41) is 1.43. The molecule has 2 aromatic carbocycles. The van der Waals surface area contributed by atoms with Gasteiger partial charge in [-0.1, -0.05) is 81.1 Å². The molecule has 0 aliphatic heterocycles. The third-order valence-corrected chi connectivity index (χ3v) is 4.62. The average molecular weight is 305 g/mol. The maximum atomic E-state index is 2.41. The molecule has 0 amide bonds. The summed E-state index contributed by atoms with van der Waals surface area (Å²) in [7, 11) is 0. The second kappa shape index (κ2) is 8.01. The van der Waals surface area contributed by atoms with E-state index in [9.17, 15) is 0 Å². The highest BCUT2D eigenvalue weighted by atomic mass is 15.0. The van der Waals surface area contributed by atoms with Crippen LogP contribution >= 0.6 is 0 Å².